The van der Waals surface area contributed by atoms with Crippen molar-refractivity contribution in [3.63, 3.8) is 0 Å². The van der Waals surface area contributed by atoms with Gasteiger partial charge < -0.3 is 5.32 Å². The van der Waals surface area contributed by atoms with Gasteiger partial charge in [-0.25, -0.2) is 0 Å². The Morgan fingerprint density at radius 2 is 1.94 bits per heavy atom. The minimum absolute atomic E-state index is 0. The summed E-state index contributed by atoms with van der Waals surface area (Å²) in [5.41, 5.74) is 1.88. The van der Waals surface area contributed by atoms with Gasteiger partial charge in [0.25, 0.3) is 5.91 Å². The molecule has 90 valence electrons. The lowest BCUT2D eigenvalue weighted by atomic mass is 10.1. The Morgan fingerprint density at radius 1 is 1.24 bits per heavy atom. The molecule has 0 aliphatic heterocycles. The van der Waals surface area contributed by atoms with Crippen LogP contribution in [0.25, 0.3) is 10.4 Å². The van der Waals surface area contributed by atoms with E-state index in [-0.39, 0.29) is 7.33 Å². The average Bonchev–Trinajstić information content (AvgIpc) is 2.76. The van der Waals surface area contributed by atoms with Crippen molar-refractivity contribution in [2.75, 3.05) is 6.54 Å². The minimum Gasteiger partial charge on any atom is -0.352 e. The number of aryl methyl sites for hydroxylation is 1. The first kappa shape index (κ1) is 11.9. The van der Waals surface area contributed by atoms with Crippen LogP contribution in [-0.4, -0.2) is 12.5 Å². The molecule has 0 unspecified atom stereocenters. The van der Waals surface area contributed by atoms with Crippen LogP contribution >= 0.6 is 11.3 Å². The Hall–Kier alpha value is -1.61. The van der Waals surface area contributed by atoms with Crippen molar-refractivity contribution in [1.82, 2.24) is 5.32 Å². The van der Waals surface area contributed by atoms with Gasteiger partial charge in [0.05, 0.1) is 0 Å². The molecule has 0 bridgehead atoms. The third-order valence-electron chi connectivity index (χ3n) is 2.51. The molecule has 0 fully saturated rings. The van der Waals surface area contributed by atoms with E-state index in [2.05, 4.69) is 24.4 Å². The van der Waals surface area contributed by atoms with Crippen molar-refractivity contribution in [2.24, 2.45) is 0 Å². The summed E-state index contributed by atoms with van der Waals surface area (Å²) in [6.07, 6.45) is 0. The van der Waals surface area contributed by atoms with Crippen molar-refractivity contribution < 1.29 is 6.22 Å². The molecule has 1 amide bonds. The third-order valence-corrected chi connectivity index (χ3v) is 3.56. The Morgan fingerprint density at radius 3 is 2.47 bits per heavy atom. The number of carbonyl (C=O) groups is 1. The highest BCUT2D eigenvalue weighted by molar-refractivity contribution is 7.15. The van der Waals surface area contributed by atoms with Gasteiger partial charge in [0, 0.05) is 23.3 Å². The molecule has 0 aliphatic rings. The quantitative estimate of drug-likeness (QED) is 0.880. The zero-order valence-electron chi connectivity index (χ0n) is 9.99. The molecule has 0 radical (unpaired) electrons. The number of amides is 1. The lowest BCUT2D eigenvalue weighted by Gasteiger charge is -2.03. The summed E-state index contributed by atoms with van der Waals surface area (Å²) < 4.78 is 0. The first-order valence-corrected chi connectivity index (χ1v) is 6.47. The van der Waals surface area contributed by atoms with Gasteiger partial charge in [-0.05, 0) is 43.7 Å². The second-order valence-electron chi connectivity index (χ2n) is 3.85. The molecule has 3 heteroatoms. The molecule has 0 saturated carbocycles. The molecule has 1 aromatic heterocycles. The summed E-state index contributed by atoms with van der Waals surface area (Å²) >= 11 is 1.76. The van der Waals surface area contributed by atoms with E-state index in [4.69, 9.17) is 0 Å². The predicted molar refractivity (Wildman–Crippen MR) is 74.6 cm³/mol. The monoisotopic (exact) mass is 247 g/mol. The summed E-state index contributed by atoms with van der Waals surface area (Å²) in [5.74, 6) is -0.0126. The van der Waals surface area contributed by atoms with Crippen molar-refractivity contribution in [3.8, 4) is 10.4 Å². The highest BCUT2D eigenvalue weighted by Gasteiger charge is 2.05. The highest BCUT2D eigenvalue weighted by Crippen LogP contribution is 2.27. The zero-order valence-corrected chi connectivity index (χ0v) is 10.8. The topological polar surface area (TPSA) is 29.1 Å². The van der Waals surface area contributed by atoms with Crippen molar-refractivity contribution in [2.45, 2.75) is 13.8 Å². The molecule has 0 saturated heterocycles. The number of hydrogen-bond donors (Lipinski definition) is 1. The van der Waals surface area contributed by atoms with Gasteiger partial charge in [-0.1, -0.05) is 12.1 Å². The Labute approximate surface area is 107 Å². The first-order chi connectivity index (χ1) is 8.20. The Bertz CT molecular complexity index is 519. The van der Waals surface area contributed by atoms with Crippen LogP contribution in [0.15, 0.2) is 36.4 Å². The number of carbonyl (C=O) groups excluding carboxylic acids is 1. The van der Waals surface area contributed by atoms with E-state index in [1.165, 1.54) is 9.75 Å². The fourth-order valence-corrected chi connectivity index (χ4v) is 2.51. The molecule has 1 heterocycles. The van der Waals surface area contributed by atoms with Gasteiger partial charge in [0.1, 0.15) is 0 Å². The van der Waals surface area contributed by atoms with E-state index < -0.39 is 0 Å². The van der Waals surface area contributed by atoms with Crippen LogP contribution in [0.2, 0.25) is 0 Å². The summed E-state index contributed by atoms with van der Waals surface area (Å²) in [7, 11) is 0. The van der Waals surface area contributed by atoms with E-state index >= 15 is 0 Å². The highest BCUT2D eigenvalue weighted by atomic mass is 32.1. The fourth-order valence-electron chi connectivity index (χ4n) is 1.64. The minimum atomic E-state index is -0.0126. The molecule has 2 rings (SSSR count). The Kier molecular flexibility index (Phi) is 3.59. The van der Waals surface area contributed by atoms with Crippen LogP contribution in [-0.2, 0) is 0 Å². The normalized spacial score (nSPS) is 10.2. The largest absolute Gasteiger partial charge is 0.352 e. The average molecular weight is 247 g/mol. The lowest BCUT2D eigenvalue weighted by molar-refractivity contribution is 0.0956. The SMILES string of the molecule is CCNC(=O)c1ccc(-c2ccc(C)s2)cc1.[HH]. The standard InChI is InChI=1S/C14H15NOS.H2/c1-3-15-14(16)12-7-5-11(6-8-12)13-9-4-10(2)17-13;/h4-9H,3H2,1-2H3,(H,15,16);1H. The van der Waals surface area contributed by atoms with Gasteiger partial charge in [0.15, 0.2) is 0 Å². The third kappa shape index (κ3) is 2.74. The van der Waals surface area contributed by atoms with E-state index in [0.717, 1.165) is 5.56 Å². The van der Waals surface area contributed by atoms with E-state index in [1.807, 2.05) is 31.2 Å². The molecule has 0 aliphatic carbocycles. The van der Waals surface area contributed by atoms with Crippen LogP contribution in [0.4, 0.5) is 0 Å². The summed E-state index contributed by atoms with van der Waals surface area (Å²) in [6, 6.07) is 12.0. The maximum Gasteiger partial charge on any atom is 0.251 e. The molecule has 0 atom stereocenters. The van der Waals surface area contributed by atoms with Crippen molar-refractivity contribution >= 4 is 17.2 Å². The van der Waals surface area contributed by atoms with Gasteiger partial charge >= 0.3 is 0 Å². The van der Waals surface area contributed by atoms with E-state index in [1.54, 1.807) is 11.3 Å². The molecular formula is C14H17NOS. The number of hydrogen-bond acceptors (Lipinski definition) is 2. The van der Waals surface area contributed by atoms with Crippen LogP contribution in [0.1, 0.15) is 23.6 Å². The predicted octanol–water partition coefficient (Wildman–Crippen LogP) is 3.72. The Balaban J connectivity index is 0.00000162. The van der Waals surface area contributed by atoms with Gasteiger partial charge in [-0.2, -0.15) is 0 Å². The van der Waals surface area contributed by atoms with Crippen LogP contribution in [0, 0.1) is 6.92 Å². The van der Waals surface area contributed by atoms with E-state index in [9.17, 15) is 4.79 Å². The van der Waals surface area contributed by atoms with Gasteiger partial charge in [0.2, 0.25) is 0 Å². The molecule has 17 heavy (non-hydrogen) atoms. The lowest BCUT2D eigenvalue weighted by Crippen LogP contribution is -2.22. The molecule has 1 aromatic carbocycles. The molecule has 1 N–H and O–H groups in total. The number of benzene rings is 1. The van der Waals surface area contributed by atoms with Crippen LogP contribution in [0.5, 0.6) is 0 Å². The fraction of sp³-hybridized carbons (Fsp3) is 0.214. The summed E-state index contributed by atoms with van der Waals surface area (Å²) in [6.45, 7) is 4.67. The van der Waals surface area contributed by atoms with E-state index in [0.29, 0.717) is 12.1 Å². The molecule has 2 nitrogen and oxygen atoms in total. The zero-order chi connectivity index (χ0) is 12.3. The summed E-state index contributed by atoms with van der Waals surface area (Å²) in [4.78, 5) is 14.1. The maximum atomic E-state index is 11.6. The van der Waals surface area contributed by atoms with Gasteiger partial charge in [-0.3, -0.25) is 4.79 Å². The second-order valence-corrected chi connectivity index (χ2v) is 5.14. The smallest absolute Gasteiger partial charge is 0.251 e. The van der Waals surface area contributed by atoms with Crippen LogP contribution < -0.4 is 5.32 Å². The number of thiophene rings is 1. The van der Waals surface area contributed by atoms with Crippen molar-refractivity contribution in [3.05, 3.63) is 46.8 Å². The van der Waals surface area contributed by atoms with Crippen LogP contribution in [0.3, 0.4) is 0 Å². The molecule has 2 aromatic rings. The molecular weight excluding hydrogens is 230 g/mol. The summed E-state index contributed by atoms with van der Waals surface area (Å²) in [5, 5.41) is 2.79. The van der Waals surface area contributed by atoms with Crippen molar-refractivity contribution in [1.29, 1.82) is 0 Å². The maximum absolute atomic E-state index is 11.6. The molecule has 0 spiro atoms. The number of nitrogens with one attached hydrogen (secondary N) is 1. The number of rotatable bonds is 3. The second kappa shape index (κ2) is 5.15. The van der Waals surface area contributed by atoms with Gasteiger partial charge in [-0.15, -0.1) is 11.3 Å². The first-order valence-electron chi connectivity index (χ1n) is 5.66.